The molecule has 0 aliphatic heterocycles. The van der Waals surface area contributed by atoms with E-state index in [4.69, 9.17) is 4.74 Å². The average Bonchev–Trinajstić information content (AvgIpc) is 2.63. The fraction of sp³-hybridized carbons (Fsp3) is 0.350. The summed E-state index contributed by atoms with van der Waals surface area (Å²) in [7, 11) is -3.80. The Morgan fingerprint density at radius 3 is 2.32 bits per heavy atom. The van der Waals surface area contributed by atoms with Gasteiger partial charge in [0, 0.05) is 18.8 Å². The van der Waals surface area contributed by atoms with Crippen LogP contribution in [-0.2, 0) is 26.0 Å². The largest absolute Gasteiger partial charge is 0.379 e. The number of anilines is 1. The van der Waals surface area contributed by atoms with Crippen LogP contribution in [0.2, 0.25) is 0 Å². The second kappa shape index (κ2) is 10.2. The Morgan fingerprint density at radius 1 is 1.07 bits per heavy atom. The molecule has 2 aromatic carbocycles. The third-order valence-corrected chi connectivity index (χ3v) is 5.19. The lowest BCUT2D eigenvalue weighted by Gasteiger charge is -2.10. The Balaban J connectivity index is 1.84. The van der Waals surface area contributed by atoms with Gasteiger partial charge >= 0.3 is 0 Å². The van der Waals surface area contributed by atoms with E-state index in [1.807, 2.05) is 13.8 Å². The monoisotopic (exact) mass is 408 g/mol. The molecule has 28 heavy (non-hydrogen) atoms. The van der Waals surface area contributed by atoms with Gasteiger partial charge in [-0.25, -0.2) is 12.8 Å². The van der Waals surface area contributed by atoms with E-state index < -0.39 is 15.8 Å². The van der Waals surface area contributed by atoms with Gasteiger partial charge in [0.25, 0.3) is 10.0 Å². The zero-order valence-corrected chi connectivity index (χ0v) is 16.8. The van der Waals surface area contributed by atoms with Crippen molar-refractivity contribution < 1.29 is 22.3 Å². The van der Waals surface area contributed by atoms with E-state index in [0.29, 0.717) is 18.8 Å². The van der Waals surface area contributed by atoms with Crippen LogP contribution in [0.3, 0.4) is 0 Å². The lowest BCUT2D eigenvalue weighted by atomic mass is 10.1. The molecule has 0 saturated heterocycles. The minimum absolute atomic E-state index is 0.0289. The third-order valence-electron chi connectivity index (χ3n) is 3.79. The van der Waals surface area contributed by atoms with E-state index in [-0.39, 0.29) is 23.3 Å². The molecule has 0 bridgehead atoms. The van der Waals surface area contributed by atoms with E-state index in [0.717, 1.165) is 24.1 Å². The number of amides is 1. The van der Waals surface area contributed by atoms with Crippen LogP contribution in [0, 0.1) is 5.82 Å². The Hall–Kier alpha value is -2.45. The molecule has 2 aromatic rings. The van der Waals surface area contributed by atoms with Gasteiger partial charge in [-0.2, -0.15) is 0 Å². The van der Waals surface area contributed by atoms with Gasteiger partial charge in [-0.1, -0.05) is 12.1 Å². The number of carbonyl (C=O) groups excluding carboxylic acids is 1. The molecule has 0 aliphatic rings. The lowest BCUT2D eigenvalue weighted by Crippen LogP contribution is -2.27. The SMILES string of the molecule is CC(C)OCCCNC(=O)Cc1ccc(NS(=O)(=O)c2ccc(F)cc2)cc1. The maximum atomic E-state index is 12.9. The summed E-state index contributed by atoms with van der Waals surface area (Å²) in [4.78, 5) is 11.9. The Kier molecular flexibility index (Phi) is 7.95. The molecule has 2 rings (SSSR count). The van der Waals surface area contributed by atoms with Crippen molar-refractivity contribution in [1.82, 2.24) is 5.32 Å². The summed E-state index contributed by atoms with van der Waals surface area (Å²) in [5.74, 6) is -0.613. The van der Waals surface area contributed by atoms with Crippen LogP contribution >= 0.6 is 0 Å². The van der Waals surface area contributed by atoms with E-state index >= 15 is 0 Å². The highest BCUT2D eigenvalue weighted by molar-refractivity contribution is 7.92. The van der Waals surface area contributed by atoms with Crippen LogP contribution in [0.1, 0.15) is 25.8 Å². The second-order valence-corrected chi connectivity index (χ2v) is 8.24. The molecule has 0 aliphatic carbocycles. The van der Waals surface area contributed by atoms with Gasteiger partial charge in [-0.05, 0) is 62.2 Å². The van der Waals surface area contributed by atoms with E-state index in [1.165, 1.54) is 12.1 Å². The van der Waals surface area contributed by atoms with Crippen molar-refractivity contribution in [2.75, 3.05) is 17.9 Å². The first-order valence-electron chi connectivity index (χ1n) is 9.02. The molecule has 2 N–H and O–H groups in total. The van der Waals surface area contributed by atoms with Gasteiger partial charge in [0.1, 0.15) is 5.82 Å². The zero-order valence-electron chi connectivity index (χ0n) is 15.9. The number of carbonyl (C=O) groups is 1. The lowest BCUT2D eigenvalue weighted by molar-refractivity contribution is -0.120. The zero-order chi connectivity index (χ0) is 20.6. The van der Waals surface area contributed by atoms with Crippen molar-refractivity contribution in [3.05, 3.63) is 59.9 Å². The second-order valence-electron chi connectivity index (χ2n) is 6.56. The van der Waals surface area contributed by atoms with Crippen molar-refractivity contribution in [2.45, 2.75) is 37.7 Å². The third kappa shape index (κ3) is 7.28. The van der Waals surface area contributed by atoms with Crippen LogP contribution in [0.5, 0.6) is 0 Å². The highest BCUT2D eigenvalue weighted by atomic mass is 32.2. The molecule has 0 fully saturated rings. The molecule has 0 radical (unpaired) electrons. The summed E-state index contributed by atoms with van der Waals surface area (Å²) in [6, 6.07) is 11.1. The van der Waals surface area contributed by atoms with Gasteiger partial charge in [-0.15, -0.1) is 0 Å². The van der Waals surface area contributed by atoms with Crippen molar-refractivity contribution in [1.29, 1.82) is 0 Å². The Bertz CT molecular complexity index is 866. The van der Waals surface area contributed by atoms with Crippen molar-refractivity contribution >= 4 is 21.6 Å². The smallest absolute Gasteiger partial charge is 0.261 e. The summed E-state index contributed by atoms with van der Waals surface area (Å²) in [5.41, 5.74) is 1.12. The molecule has 0 saturated carbocycles. The predicted octanol–water partition coefficient (Wildman–Crippen LogP) is 3.10. The van der Waals surface area contributed by atoms with Crippen LogP contribution in [-0.4, -0.2) is 33.6 Å². The number of benzene rings is 2. The first-order chi connectivity index (χ1) is 13.3. The molecule has 0 atom stereocenters. The molecular weight excluding hydrogens is 383 g/mol. The molecule has 0 spiro atoms. The number of rotatable bonds is 10. The van der Waals surface area contributed by atoms with Gasteiger partial charge in [-0.3, -0.25) is 9.52 Å². The van der Waals surface area contributed by atoms with Gasteiger partial charge in [0.05, 0.1) is 17.4 Å². The molecule has 1 amide bonds. The van der Waals surface area contributed by atoms with Gasteiger partial charge in [0.2, 0.25) is 5.91 Å². The highest BCUT2D eigenvalue weighted by Gasteiger charge is 2.14. The number of ether oxygens (including phenoxy) is 1. The predicted molar refractivity (Wildman–Crippen MR) is 106 cm³/mol. The minimum atomic E-state index is -3.80. The van der Waals surface area contributed by atoms with Crippen molar-refractivity contribution in [3.8, 4) is 0 Å². The minimum Gasteiger partial charge on any atom is -0.379 e. The normalized spacial score (nSPS) is 11.4. The highest BCUT2D eigenvalue weighted by Crippen LogP contribution is 2.17. The quantitative estimate of drug-likeness (QED) is 0.592. The van der Waals surface area contributed by atoms with Gasteiger partial charge in [0.15, 0.2) is 0 Å². The van der Waals surface area contributed by atoms with Crippen LogP contribution < -0.4 is 10.0 Å². The topological polar surface area (TPSA) is 84.5 Å². The number of nitrogens with one attached hydrogen (secondary N) is 2. The molecule has 0 heterocycles. The number of halogens is 1. The molecule has 0 aromatic heterocycles. The fourth-order valence-electron chi connectivity index (χ4n) is 2.39. The molecular formula is C20H25FN2O4S. The first-order valence-corrected chi connectivity index (χ1v) is 10.5. The summed E-state index contributed by atoms with van der Waals surface area (Å²) >= 11 is 0. The van der Waals surface area contributed by atoms with E-state index in [2.05, 4.69) is 10.0 Å². The van der Waals surface area contributed by atoms with E-state index in [9.17, 15) is 17.6 Å². The maximum absolute atomic E-state index is 12.9. The van der Waals surface area contributed by atoms with Crippen LogP contribution in [0.25, 0.3) is 0 Å². The average molecular weight is 408 g/mol. The molecule has 6 nitrogen and oxygen atoms in total. The maximum Gasteiger partial charge on any atom is 0.261 e. The van der Waals surface area contributed by atoms with Crippen molar-refractivity contribution in [3.63, 3.8) is 0 Å². The Morgan fingerprint density at radius 2 is 1.71 bits per heavy atom. The molecule has 8 heteroatoms. The van der Waals surface area contributed by atoms with Crippen LogP contribution in [0.4, 0.5) is 10.1 Å². The van der Waals surface area contributed by atoms with Crippen molar-refractivity contribution in [2.24, 2.45) is 0 Å². The summed E-state index contributed by atoms with van der Waals surface area (Å²) < 4.78 is 45.3. The standard InChI is InChI=1S/C20H25FN2O4S/c1-15(2)27-13-3-12-22-20(24)14-16-4-8-18(9-5-16)23-28(25,26)19-10-6-17(21)7-11-19/h4-11,15,23H,3,12-14H2,1-2H3,(H,22,24). The summed E-state index contributed by atoms with van der Waals surface area (Å²) in [6.45, 7) is 5.06. The molecule has 0 unspecified atom stereocenters. The van der Waals surface area contributed by atoms with Gasteiger partial charge < -0.3 is 10.1 Å². The number of hydrogen-bond acceptors (Lipinski definition) is 4. The number of hydrogen-bond donors (Lipinski definition) is 2. The Labute approximate surface area is 165 Å². The molecule has 152 valence electrons. The summed E-state index contributed by atoms with van der Waals surface area (Å²) in [5, 5.41) is 2.82. The number of sulfonamides is 1. The summed E-state index contributed by atoms with van der Waals surface area (Å²) in [6.07, 6.45) is 1.12. The first kappa shape index (κ1) is 21.8. The van der Waals surface area contributed by atoms with Crippen LogP contribution in [0.15, 0.2) is 53.4 Å². The fourth-order valence-corrected chi connectivity index (χ4v) is 3.44. The van der Waals surface area contributed by atoms with E-state index in [1.54, 1.807) is 24.3 Å².